The average Bonchev–Trinajstić information content (AvgIpc) is 2.81. The standard InChI is InChI=1S/C13H7ClF2N4S/c14-9-5-8(15)6-10(16)11(9)20-12(18-19-13(20)21)7-1-3-17-4-2-7/h1-6H,(H,19,21). The van der Waals surface area contributed by atoms with Gasteiger partial charge in [0.2, 0.25) is 0 Å². The molecule has 0 unspecified atom stereocenters. The minimum Gasteiger partial charge on any atom is -0.265 e. The van der Waals surface area contributed by atoms with E-state index >= 15 is 0 Å². The van der Waals surface area contributed by atoms with E-state index in [-0.39, 0.29) is 15.5 Å². The molecule has 0 amide bonds. The molecule has 0 saturated heterocycles. The Morgan fingerprint density at radius 1 is 1.19 bits per heavy atom. The molecule has 0 aliphatic rings. The van der Waals surface area contributed by atoms with E-state index in [0.29, 0.717) is 11.4 Å². The molecule has 0 aliphatic heterocycles. The summed E-state index contributed by atoms with van der Waals surface area (Å²) in [5, 5.41) is 6.55. The highest BCUT2D eigenvalue weighted by Crippen LogP contribution is 2.29. The molecule has 1 aromatic carbocycles. The van der Waals surface area contributed by atoms with E-state index in [2.05, 4.69) is 15.2 Å². The molecule has 106 valence electrons. The second-order valence-electron chi connectivity index (χ2n) is 4.14. The SMILES string of the molecule is Fc1cc(F)c(-n2c(-c3ccncc3)n[nH]c2=S)c(Cl)c1. The third kappa shape index (κ3) is 2.45. The number of nitrogens with one attached hydrogen (secondary N) is 1. The second kappa shape index (κ2) is 5.34. The van der Waals surface area contributed by atoms with Crippen LogP contribution in [0.1, 0.15) is 0 Å². The second-order valence-corrected chi connectivity index (χ2v) is 4.94. The number of aromatic amines is 1. The van der Waals surface area contributed by atoms with Gasteiger partial charge in [-0.3, -0.25) is 14.6 Å². The van der Waals surface area contributed by atoms with E-state index in [1.165, 1.54) is 4.57 Å². The first kappa shape index (κ1) is 13.8. The lowest BCUT2D eigenvalue weighted by molar-refractivity contribution is 0.578. The van der Waals surface area contributed by atoms with Crippen molar-refractivity contribution < 1.29 is 8.78 Å². The van der Waals surface area contributed by atoms with Gasteiger partial charge in [0.05, 0.1) is 5.02 Å². The van der Waals surface area contributed by atoms with Crippen LogP contribution in [0.2, 0.25) is 5.02 Å². The van der Waals surface area contributed by atoms with Crippen molar-refractivity contribution in [1.82, 2.24) is 19.7 Å². The number of hydrogen-bond donors (Lipinski definition) is 1. The zero-order valence-electron chi connectivity index (χ0n) is 10.3. The Balaban J connectivity index is 2.30. The fourth-order valence-corrected chi connectivity index (χ4v) is 2.45. The van der Waals surface area contributed by atoms with Crippen LogP contribution in [0.4, 0.5) is 8.78 Å². The normalized spacial score (nSPS) is 10.8. The summed E-state index contributed by atoms with van der Waals surface area (Å²) in [5.41, 5.74) is 0.612. The maximum absolute atomic E-state index is 14.1. The van der Waals surface area contributed by atoms with Crippen LogP contribution >= 0.6 is 23.8 Å². The largest absolute Gasteiger partial charge is 0.265 e. The Bertz CT molecular complexity index is 837. The summed E-state index contributed by atoms with van der Waals surface area (Å²) in [6.45, 7) is 0. The molecule has 3 aromatic rings. The summed E-state index contributed by atoms with van der Waals surface area (Å²) in [6, 6.07) is 5.14. The molecule has 0 saturated carbocycles. The summed E-state index contributed by atoms with van der Waals surface area (Å²) in [4.78, 5) is 3.90. The van der Waals surface area contributed by atoms with Gasteiger partial charge in [-0.1, -0.05) is 11.6 Å². The van der Waals surface area contributed by atoms with Crippen molar-refractivity contribution in [3.05, 3.63) is 58.1 Å². The van der Waals surface area contributed by atoms with Gasteiger partial charge < -0.3 is 0 Å². The first-order valence-electron chi connectivity index (χ1n) is 5.80. The topological polar surface area (TPSA) is 46.5 Å². The van der Waals surface area contributed by atoms with E-state index in [1.54, 1.807) is 24.5 Å². The van der Waals surface area contributed by atoms with Crippen LogP contribution in [-0.4, -0.2) is 19.7 Å². The van der Waals surface area contributed by atoms with Crippen molar-refractivity contribution in [3.63, 3.8) is 0 Å². The van der Waals surface area contributed by atoms with Crippen LogP contribution in [-0.2, 0) is 0 Å². The van der Waals surface area contributed by atoms with Crippen LogP contribution in [0.3, 0.4) is 0 Å². The molecule has 2 aromatic heterocycles. The number of nitrogens with zero attached hydrogens (tertiary/aromatic N) is 3. The monoisotopic (exact) mass is 324 g/mol. The molecular weight excluding hydrogens is 318 g/mol. The lowest BCUT2D eigenvalue weighted by atomic mass is 10.2. The molecule has 0 spiro atoms. The number of benzene rings is 1. The highest BCUT2D eigenvalue weighted by atomic mass is 35.5. The molecule has 21 heavy (non-hydrogen) atoms. The molecule has 0 atom stereocenters. The first-order valence-corrected chi connectivity index (χ1v) is 6.59. The van der Waals surface area contributed by atoms with Gasteiger partial charge in [-0.15, -0.1) is 0 Å². The number of pyridine rings is 1. The number of rotatable bonds is 2. The third-order valence-electron chi connectivity index (χ3n) is 2.82. The first-order chi connectivity index (χ1) is 10.1. The van der Waals surface area contributed by atoms with Gasteiger partial charge in [0.1, 0.15) is 11.5 Å². The zero-order chi connectivity index (χ0) is 15.0. The number of halogens is 3. The molecule has 1 N–H and O–H groups in total. The Morgan fingerprint density at radius 2 is 1.90 bits per heavy atom. The van der Waals surface area contributed by atoms with Crippen LogP contribution in [0.15, 0.2) is 36.7 Å². The molecule has 4 nitrogen and oxygen atoms in total. The van der Waals surface area contributed by atoms with Crippen LogP contribution in [0.25, 0.3) is 17.1 Å². The predicted octanol–water partition coefficient (Wildman–Crippen LogP) is 3.92. The maximum Gasteiger partial charge on any atom is 0.200 e. The van der Waals surface area contributed by atoms with Crippen molar-refractivity contribution in [3.8, 4) is 17.1 Å². The van der Waals surface area contributed by atoms with Crippen molar-refractivity contribution in [2.75, 3.05) is 0 Å². The van der Waals surface area contributed by atoms with Crippen LogP contribution in [0.5, 0.6) is 0 Å². The Kier molecular flexibility index (Phi) is 3.52. The van der Waals surface area contributed by atoms with Gasteiger partial charge in [0.25, 0.3) is 0 Å². The fourth-order valence-electron chi connectivity index (χ4n) is 1.95. The lowest BCUT2D eigenvalue weighted by Crippen LogP contribution is -2.02. The van der Waals surface area contributed by atoms with Crippen molar-refractivity contribution in [1.29, 1.82) is 0 Å². The predicted molar refractivity (Wildman–Crippen MR) is 76.9 cm³/mol. The molecule has 0 fully saturated rings. The number of hydrogen-bond acceptors (Lipinski definition) is 3. The molecule has 3 rings (SSSR count). The molecular formula is C13H7ClF2N4S. The molecule has 0 aliphatic carbocycles. The van der Waals surface area contributed by atoms with Gasteiger partial charge in [-0.25, -0.2) is 8.78 Å². The van der Waals surface area contributed by atoms with Gasteiger partial charge in [0.15, 0.2) is 16.4 Å². The minimum absolute atomic E-state index is 0.0522. The highest BCUT2D eigenvalue weighted by Gasteiger charge is 2.18. The third-order valence-corrected chi connectivity index (χ3v) is 3.38. The minimum atomic E-state index is -0.826. The quantitative estimate of drug-likeness (QED) is 0.727. The Labute approximate surface area is 128 Å². The summed E-state index contributed by atoms with van der Waals surface area (Å²) >= 11 is 11.1. The van der Waals surface area contributed by atoms with Gasteiger partial charge in [-0.05, 0) is 30.4 Å². The van der Waals surface area contributed by atoms with Crippen LogP contribution in [0, 0.1) is 16.4 Å². The number of H-pyrrole nitrogens is 1. The van der Waals surface area contributed by atoms with E-state index in [9.17, 15) is 8.78 Å². The van der Waals surface area contributed by atoms with E-state index in [1.807, 2.05) is 0 Å². The fraction of sp³-hybridized carbons (Fsp3) is 0. The van der Waals surface area contributed by atoms with E-state index in [4.69, 9.17) is 23.8 Å². The summed E-state index contributed by atoms with van der Waals surface area (Å²) in [7, 11) is 0. The summed E-state index contributed by atoms with van der Waals surface area (Å²) in [6.07, 6.45) is 3.14. The van der Waals surface area contributed by atoms with Gasteiger partial charge in [-0.2, -0.15) is 5.10 Å². The van der Waals surface area contributed by atoms with Crippen molar-refractivity contribution in [2.45, 2.75) is 0 Å². The molecule has 8 heteroatoms. The Hall–Kier alpha value is -2.12. The van der Waals surface area contributed by atoms with Gasteiger partial charge in [0, 0.05) is 24.0 Å². The van der Waals surface area contributed by atoms with E-state index in [0.717, 1.165) is 12.1 Å². The highest BCUT2D eigenvalue weighted by molar-refractivity contribution is 7.71. The molecule has 2 heterocycles. The Morgan fingerprint density at radius 3 is 2.57 bits per heavy atom. The smallest absolute Gasteiger partial charge is 0.200 e. The zero-order valence-corrected chi connectivity index (χ0v) is 11.9. The summed E-state index contributed by atoms with van der Waals surface area (Å²) in [5.74, 6) is -1.23. The van der Waals surface area contributed by atoms with Crippen molar-refractivity contribution >= 4 is 23.8 Å². The van der Waals surface area contributed by atoms with Crippen LogP contribution < -0.4 is 0 Å². The lowest BCUT2D eigenvalue weighted by Gasteiger charge is -2.10. The number of aromatic nitrogens is 4. The molecule has 0 bridgehead atoms. The molecule has 0 radical (unpaired) electrons. The maximum atomic E-state index is 14.1. The average molecular weight is 325 g/mol. The van der Waals surface area contributed by atoms with Crippen molar-refractivity contribution in [2.24, 2.45) is 0 Å². The summed E-state index contributed by atoms with van der Waals surface area (Å²) < 4.78 is 28.8. The van der Waals surface area contributed by atoms with E-state index < -0.39 is 11.6 Å². The van der Waals surface area contributed by atoms with Gasteiger partial charge >= 0.3 is 0 Å².